The Balaban J connectivity index is 0.00000242. The highest BCUT2D eigenvalue weighted by molar-refractivity contribution is 5.97. The molecule has 0 saturated carbocycles. The highest BCUT2D eigenvalue weighted by atomic mass is 35.5. The van der Waals surface area contributed by atoms with Crippen molar-refractivity contribution >= 4 is 24.1 Å². The van der Waals surface area contributed by atoms with Crippen molar-refractivity contribution in [2.24, 2.45) is 5.92 Å². The molecule has 2 rings (SSSR count). The lowest BCUT2D eigenvalue weighted by molar-refractivity contribution is -0.121. The number of nitrogens with one attached hydrogen (secondary N) is 2. The summed E-state index contributed by atoms with van der Waals surface area (Å²) >= 11 is 0. The number of halogens is 1. The van der Waals surface area contributed by atoms with Crippen molar-refractivity contribution in [3.63, 3.8) is 0 Å². The number of rotatable bonds is 7. The van der Waals surface area contributed by atoms with Crippen molar-refractivity contribution in [2.75, 3.05) is 19.6 Å². The van der Waals surface area contributed by atoms with Crippen LogP contribution < -0.4 is 10.6 Å². The number of carbonyl (C=O) groups excluding carboxylic acids is 2. The molecule has 0 aromatic heterocycles. The lowest BCUT2D eigenvalue weighted by Crippen LogP contribution is -2.26. The maximum Gasteiger partial charge on any atom is 0.220 e. The van der Waals surface area contributed by atoms with Crippen molar-refractivity contribution < 1.29 is 9.59 Å². The summed E-state index contributed by atoms with van der Waals surface area (Å²) in [7, 11) is 0. The number of hydrogen-bond acceptors (Lipinski definition) is 3. The van der Waals surface area contributed by atoms with E-state index in [1.807, 2.05) is 31.2 Å². The van der Waals surface area contributed by atoms with Crippen LogP contribution in [0.3, 0.4) is 0 Å². The Morgan fingerprint density at radius 1 is 1.23 bits per heavy atom. The largest absolute Gasteiger partial charge is 0.356 e. The number of benzene rings is 1. The summed E-state index contributed by atoms with van der Waals surface area (Å²) in [6.45, 7) is 4.84. The van der Waals surface area contributed by atoms with Crippen molar-refractivity contribution in [1.82, 2.24) is 10.6 Å². The average Bonchev–Trinajstić information content (AvgIpc) is 2.99. The first-order valence-corrected chi connectivity index (χ1v) is 7.72. The Morgan fingerprint density at radius 2 is 1.95 bits per heavy atom. The van der Waals surface area contributed by atoms with E-state index in [1.54, 1.807) is 0 Å². The molecule has 1 saturated heterocycles. The molecule has 1 aromatic carbocycles. The molecule has 122 valence electrons. The predicted molar refractivity (Wildman–Crippen MR) is 90.6 cm³/mol. The molecule has 1 aromatic rings. The Labute approximate surface area is 138 Å². The second-order valence-corrected chi connectivity index (χ2v) is 5.79. The van der Waals surface area contributed by atoms with E-state index in [-0.39, 0.29) is 36.9 Å². The number of amides is 1. The zero-order chi connectivity index (χ0) is 15.1. The van der Waals surface area contributed by atoms with E-state index in [2.05, 4.69) is 10.6 Å². The minimum absolute atomic E-state index is 0. The molecule has 22 heavy (non-hydrogen) atoms. The maximum atomic E-state index is 12.0. The van der Waals surface area contributed by atoms with E-state index in [4.69, 9.17) is 0 Å². The van der Waals surface area contributed by atoms with Crippen molar-refractivity contribution in [1.29, 1.82) is 0 Å². The Hall–Kier alpha value is -1.39. The van der Waals surface area contributed by atoms with E-state index in [9.17, 15) is 9.59 Å². The van der Waals surface area contributed by atoms with Crippen LogP contribution in [0.1, 0.15) is 41.6 Å². The molecule has 1 aliphatic heterocycles. The van der Waals surface area contributed by atoms with Crippen LogP contribution in [0, 0.1) is 12.8 Å². The molecule has 1 unspecified atom stereocenters. The Morgan fingerprint density at radius 3 is 2.59 bits per heavy atom. The summed E-state index contributed by atoms with van der Waals surface area (Å²) in [5.74, 6) is 0.686. The van der Waals surface area contributed by atoms with Gasteiger partial charge in [0.2, 0.25) is 5.91 Å². The monoisotopic (exact) mass is 324 g/mol. The summed E-state index contributed by atoms with van der Waals surface area (Å²) in [5.41, 5.74) is 1.82. The van der Waals surface area contributed by atoms with Gasteiger partial charge < -0.3 is 10.6 Å². The van der Waals surface area contributed by atoms with Crippen LogP contribution >= 0.6 is 12.4 Å². The molecule has 1 heterocycles. The normalized spacial score (nSPS) is 16.9. The van der Waals surface area contributed by atoms with Crippen molar-refractivity contribution in [3.05, 3.63) is 35.4 Å². The van der Waals surface area contributed by atoms with Crippen LogP contribution in [0.25, 0.3) is 0 Å². The third-order valence-corrected chi connectivity index (χ3v) is 3.99. The molecule has 2 N–H and O–H groups in total. The highest BCUT2D eigenvalue weighted by Gasteiger charge is 2.14. The molecular weight excluding hydrogens is 300 g/mol. The lowest BCUT2D eigenvalue weighted by atomic mass is 10.0. The lowest BCUT2D eigenvalue weighted by Gasteiger charge is -2.09. The van der Waals surface area contributed by atoms with Crippen LogP contribution in [0.15, 0.2) is 24.3 Å². The van der Waals surface area contributed by atoms with Gasteiger partial charge >= 0.3 is 0 Å². The maximum absolute atomic E-state index is 12.0. The second kappa shape index (κ2) is 9.59. The SMILES string of the molecule is Cc1ccc(C(=O)CCC(=O)NCCC2CCNC2)cc1.Cl. The number of Topliss-reactive ketones (excluding diaryl/α,β-unsaturated/α-hetero) is 1. The van der Waals surface area contributed by atoms with Crippen molar-refractivity contribution in [2.45, 2.75) is 32.6 Å². The second-order valence-electron chi connectivity index (χ2n) is 5.79. The number of ketones is 1. The first-order chi connectivity index (χ1) is 10.1. The van der Waals surface area contributed by atoms with Gasteiger partial charge in [0.15, 0.2) is 5.78 Å². The summed E-state index contributed by atoms with van der Waals surface area (Å²) < 4.78 is 0. The molecule has 0 aliphatic carbocycles. The fraction of sp³-hybridized carbons (Fsp3) is 0.529. The van der Waals surface area contributed by atoms with E-state index < -0.39 is 0 Å². The molecule has 1 fully saturated rings. The molecule has 5 heteroatoms. The van der Waals surface area contributed by atoms with Crippen LogP contribution in [-0.2, 0) is 4.79 Å². The molecule has 0 bridgehead atoms. The first-order valence-electron chi connectivity index (χ1n) is 7.72. The van der Waals surface area contributed by atoms with Gasteiger partial charge in [-0.25, -0.2) is 0 Å². The van der Waals surface area contributed by atoms with E-state index in [0.29, 0.717) is 18.0 Å². The zero-order valence-electron chi connectivity index (χ0n) is 13.1. The summed E-state index contributed by atoms with van der Waals surface area (Å²) in [6, 6.07) is 7.48. The minimum Gasteiger partial charge on any atom is -0.356 e. The molecule has 0 radical (unpaired) electrons. The first kappa shape index (κ1) is 18.7. The topological polar surface area (TPSA) is 58.2 Å². The van der Waals surface area contributed by atoms with Gasteiger partial charge in [-0.1, -0.05) is 29.8 Å². The van der Waals surface area contributed by atoms with Crippen molar-refractivity contribution in [3.8, 4) is 0 Å². The van der Waals surface area contributed by atoms with Gasteiger partial charge in [-0.05, 0) is 38.8 Å². The van der Waals surface area contributed by atoms with Gasteiger partial charge in [0.25, 0.3) is 0 Å². The molecule has 1 aliphatic rings. The zero-order valence-corrected chi connectivity index (χ0v) is 13.9. The predicted octanol–water partition coefficient (Wildman–Crippen LogP) is 2.50. The van der Waals surface area contributed by atoms with E-state index in [0.717, 1.165) is 25.1 Å². The average molecular weight is 325 g/mol. The standard InChI is InChI=1S/C17H24N2O2.ClH/c1-13-2-4-15(5-3-13)16(20)6-7-17(21)19-11-9-14-8-10-18-12-14;/h2-5,14,18H,6-12H2,1H3,(H,19,21);1H. The fourth-order valence-electron chi connectivity index (χ4n) is 2.58. The number of carbonyl (C=O) groups is 2. The molecule has 1 atom stereocenters. The van der Waals surface area contributed by atoms with Crippen LogP contribution in [0.2, 0.25) is 0 Å². The molecule has 4 nitrogen and oxygen atoms in total. The summed E-state index contributed by atoms with van der Waals surface area (Å²) in [6.07, 6.45) is 2.77. The highest BCUT2D eigenvalue weighted by Crippen LogP contribution is 2.11. The third-order valence-electron chi connectivity index (χ3n) is 3.99. The smallest absolute Gasteiger partial charge is 0.220 e. The fourth-order valence-corrected chi connectivity index (χ4v) is 2.58. The third kappa shape index (κ3) is 6.16. The van der Waals surface area contributed by atoms with E-state index in [1.165, 1.54) is 6.42 Å². The number of aryl methyl sites for hydroxylation is 1. The van der Waals surface area contributed by atoms with Gasteiger partial charge in [-0.15, -0.1) is 12.4 Å². The van der Waals surface area contributed by atoms with E-state index >= 15 is 0 Å². The van der Waals surface area contributed by atoms with Crippen LogP contribution in [0.4, 0.5) is 0 Å². The van der Waals surface area contributed by atoms with Crippen LogP contribution in [-0.4, -0.2) is 31.3 Å². The quantitative estimate of drug-likeness (QED) is 0.758. The summed E-state index contributed by atoms with van der Waals surface area (Å²) in [4.78, 5) is 23.7. The van der Waals surface area contributed by atoms with Gasteiger partial charge in [0.05, 0.1) is 0 Å². The van der Waals surface area contributed by atoms with Crippen LogP contribution in [0.5, 0.6) is 0 Å². The minimum atomic E-state index is -0.0265. The summed E-state index contributed by atoms with van der Waals surface area (Å²) in [5, 5.41) is 6.22. The number of hydrogen-bond donors (Lipinski definition) is 2. The van der Waals surface area contributed by atoms with Gasteiger partial charge in [0, 0.05) is 24.9 Å². The van der Waals surface area contributed by atoms with Gasteiger partial charge in [0.1, 0.15) is 0 Å². The Kier molecular flexibility index (Phi) is 8.13. The molecule has 1 amide bonds. The molecular formula is C17H25ClN2O2. The Bertz CT molecular complexity index is 482. The molecule has 0 spiro atoms. The van der Waals surface area contributed by atoms with Gasteiger partial charge in [-0.3, -0.25) is 9.59 Å². The van der Waals surface area contributed by atoms with Gasteiger partial charge in [-0.2, -0.15) is 0 Å².